The number of nitro benzene ring substituents is 1. The van der Waals surface area contributed by atoms with E-state index in [4.69, 9.17) is 9.47 Å². The van der Waals surface area contributed by atoms with E-state index in [1.54, 1.807) is 12.1 Å². The molecule has 1 saturated carbocycles. The van der Waals surface area contributed by atoms with E-state index in [-0.39, 0.29) is 41.4 Å². The van der Waals surface area contributed by atoms with Crippen LogP contribution in [-0.2, 0) is 9.59 Å². The Bertz CT molecular complexity index is 800. The molecule has 2 aliphatic heterocycles. The van der Waals surface area contributed by atoms with Gasteiger partial charge in [0.05, 0.1) is 4.92 Å². The Hall–Kier alpha value is -2.68. The molecule has 0 aromatic heterocycles. The molecule has 2 amide bonds. The van der Waals surface area contributed by atoms with Gasteiger partial charge in [-0.15, -0.1) is 0 Å². The highest BCUT2D eigenvalue weighted by Crippen LogP contribution is 2.46. The molecule has 1 N–H and O–H groups in total. The molecule has 9 heteroatoms. The van der Waals surface area contributed by atoms with Gasteiger partial charge in [0, 0.05) is 38.5 Å². The first-order valence-corrected chi connectivity index (χ1v) is 10.1. The summed E-state index contributed by atoms with van der Waals surface area (Å²) in [6, 6.07) is 4.57. The molecule has 9 nitrogen and oxygen atoms in total. The summed E-state index contributed by atoms with van der Waals surface area (Å²) in [5, 5.41) is 14.2. The highest BCUT2D eigenvalue weighted by Gasteiger charge is 2.44. The van der Waals surface area contributed by atoms with Gasteiger partial charge in [0.25, 0.3) is 0 Å². The Labute approximate surface area is 168 Å². The van der Waals surface area contributed by atoms with E-state index in [0.29, 0.717) is 38.2 Å². The van der Waals surface area contributed by atoms with Crippen molar-refractivity contribution in [1.82, 2.24) is 10.2 Å². The minimum atomic E-state index is -0.497. The van der Waals surface area contributed by atoms with Crippen LogP contribution in [0.5, 0.6) is 11.5 Å². The van der Waals surface area contributed by atoms with Crippen LogP contribution in [0.25, 0.3) is 0 Å². The van der Waals surface area contributed by atoms with Gasteiger partial charge in [-0.25, -0.2) is 0 Å². The molecule has 1 aliphatic carbocycles. The Balaban J connectivity index is 1.24. The molecule has 156 valence electrons. The lowest BCUT2D eigenvalue weighted by atomic mass is 9.76. The molecule has 1 aromatic carbocycles. The Morgan fingerprint density at radius 2 is 1.93 bits per heavy atom. The predicted octanol–water partition coefficient (Wildman–Crippen LogP) is 2.03. The molecule has 1 atom stereocenters. The summed E-state index contributed by atoms with van der Waals surface area (Å²) >= 11 is 0. The van der Waals surface area contributed by atoms with Crippen molar-refractivity contribution >= 4 is 17.5 Å². The predicted molar refractivity (Wildman–Crippen MR) is 103 cm³/mol. The van der Waals surface area contributed by atoms with Crippen LogP contribution in [0, 0.1) is 15.5 Å². The van der Waals surface area contributed by atoms with E-state index < -0.39 is 4.92 Å². The highest BCUT2D eigenvalue weighted by molar-refractivity contribution is 5.98. The molecule has 0 bridgehead atoms. The average Bonchev–Trinajstić information content (AvgIpc) is 3.13. The van der Waals surface area contributed by atoms with Gasteiger partial charge < -0.3 is 14.8 Å². The number of para-hydroxylation sites is 1. The number of ether oxygens (including phenoxy) is 2. The number of rotatable bonds is 6. The van der Waals surface area contributed by atoms with Gasteiger partial charge in [0.1, 0.15) is 12.7 Å². The smallest absolute Gasteiger partial charge is 0.314 e. The monoisotopic (exact) mass is 403 g/mol. The Kier molecular flexibility index (Phi) is 5.40. The first kappa shape index (κ1) is 19.6. The van der Waals surface area contributed by atoms with Gasteiger partial charge in [-0.3, -0.25) is 24.6 Å². The van der Waals surface area contributed by atoms with Crippen LogP contribution >= 0.6 is 0 Å². The van der Waals surface area contributed by atoms with Gasteiger partial charge >= 0.3 is 5.69 Å². The van der Waals surface area contributed by atoms with E-state index in [1.165, 1.54) is 11.0 Å². The topological polar surface area (TPSA) is 111 Å². The average molecular weight is 403 g/mol. The van der Waals surface area contributed by atoms with Crippen molar-refractivity contribution in [3.05, 3.63) is 28.3 Å². The lowest BCUT2D eigenvalue weighted by Crippen LogP contribution is -2.50. The number of carbonyl (C=O) groups is 2. The second kappa shape index (κ2) is 7.98. The summed E-state index contributed by atoms with van der Waals surface area (Å²) in [5.41, 5.74) is -0.197. The fourth-order valence-electron chi connectivity index (χ4n) is 4.59. The quantitative estimate of drug-likeness (QED) is 0.335. The minimum absolute atomic E-state index is 0.0663. The largest absolute Gasteiger partial charge is 0.481 e. The maximum atomic E-state index is 12.5. The van der Waals surface area contributed by atoms with Gasteiger partial charge in [-0.05, 0) is 24.3 Å². The minimum Gasteiger partial charge on any atom is -0.481 e. The van der Waals surface area contributed by atoms with Gasteiger partial charge in [-0.2, -0.15) is 0 Å². The van der Waals surface area contributed by atoms with Crippen molar-refractivity contribution in [2.75, 3.05) is 26.2 Å². The van der Waals surface area contributed by atoms with Gasteiger partial charge in [0.15, 0.2) is 5.75 Å². The van der Waals surface area contributed by atoms with Crippen LogP contribution < -0.4 is 14.8 Å². The third kappa shape index (κ3) is 4.05. The molecule has 2 fully saturated rings. The van der Waals surface area contributed by atoms with Crippen LogP contribution in [0.1, 0.15) is 38.5 Å². The summed E-state index contributed by atoms with van der Waals surface area (Å²) < 4.78 is 11.3. The molecule has 1 spiro atoms. The number of carbonyl (C=O) groups excluding carboxylic acids is 2. The van der Waals surface area contributed by atoms with Crippen molar-refractivity contribution in [2.45, 2.75) is 44.6 Å². The number of nitrogens with one attached hydrogen (secondary N) is 1. The molecule has 2 heterocycles. The first-order chi connectivity index (χ1) is 14.0. The van der Waals surface area contributed by atoms with Gasteiger partial charge in [-0.1, -0.05) is 18.9 Å². The summed E-state index contributed by atoms with van der Waals surface area (Å²) in [5.74, 6) is 0.367. The first-order valence-electron chi connectivity index (χ1n) is 10.1. The fraction of sp³-hybridized carbons (Fsp3) is 0.600. The fourth-order valence-corrected chi connectivity index (χ4v) is 4.59. The molecule has 0 radical (unpaired) electrons. The number of hydrogen-bond donors (Lipinski definition) is 1. The SMILES string of the molecule is O=C1CC2(CCCC2)CC(=O)N1CCNCC1COc2c(cccc2[N+](=O)[O-])O1. The van der Waals surface area contributed by atoms with Crippen LogP contribution in [0.15, 0.2) is 18.2 Å². The lowest BCUT2D eigenvalue weighted by molar-refractivity contribution is -0.386. The molecular weight excluding hydrogens is 378 g/mol. The lowest BCUT2D eigenvalue weighted by Gasteiger charge is -2.37. The number of imide groups is 1. The molecule has 1 saturated heterocycles. The summed E-state index contributed by atoms with van der Waals surface area (Å²) in [4.78, 5) is 36.8. The maximum Gasteiger partial charge on any atom is 0.314 e. The van der Waals surface area contributed by atoms with Gasteiger partial charge in [0.2, 0.25) is 17.6 Å². The second-order valence-corrected chi connectivity index (χ2v) is 8.12. The zero-order chi connectivity index (χ0) is 20.4. The zero-order valence-electron chi connectivity index (χ0n) is 16.2. The van der Waals surface area contributed by atoms with Crippen LogP contribution in [-0.4, -0.2) is 54.0 Å². The normalized spacial score (nSPS) is 22.9. The second-order valence-electron chi connectivity index (χ2n) is 8.12. The molecule has 1 aromatic rings. The number of nitrogens with zero attached hydrogens (tertiary/aromatic N) is 2. The molecular formula is C20H25N3O6. The van der Waals surface area contributed by atoms with Crippen molar-refractivity contribution in [3.63, 3.8) is 0 Å². The van der Waals surface area contributed by atoms with E-state index in [1.807, 2.05) is 0 Å². The molecule has 29 heavy (non-hydrogen) atoms. The number of amides is 2. The Morgan fingerprint density at radius 3 is 2.62 bits per heavy atom. The van der Waals surface area contributed by atoms with Crippen molar-refractivity contribution in [2.24, 2.45) is 5.41 Å². The number of piperidine rings is 1. The zero-order valence-corrected chi connectivity index (χ0v) is 16.2. The summed E-state index contributed by atoms with van der Waals surface area (Å²) in [6.07, 6.45) is 4.83. The molecule has 1 unspecified atom stereocenters. The number of nitro groups is 1. The summed E-state index contributed by atoms with van der Waals surface area (Å²) in [6.45, 7) is 1.44. The van der Waals surface area contributed by atoms with Crippen LogP contribution in [0.2, 0.25) is 0 Å². The maximum absolute atomic E-state index is 12.5. The van der Waals surface area contributed by atoms with Crippen molar-refractivity contribution in [3.8, 4) is 11.5 Å². The standard InChI is InChI=1S/C20H25N3O6/c24-17-10-20(6-1-2-7-20)11-18(25)22(17)9-8-21-12-14-13-28-19-15(23(26)27)4-3-5-16(19)29-14/h3-5,14,21H,1-2,6-13H2. The van der Waals surface area contributed by atoms with E-state index in [2.05, 4.69) is 5.32 Å². The molecule has 4 rings (SSSR count). The highest BCUT2D eigenvalue weighted by atomic mass is 16.6. The number of benzene rings is 1. The van der Waals surface area contributed by atoms with Crippen LogP contribution in [0.4, 0.5) is 5.69 Å². The third-order valence-electron chi connectivity index (χ3n) is 6.06. The number of likely N-dealkylation sites (tertiary alicyclic amines) is 1. The summed E-state index contributed by atoms with van der Waals surface area (Å²) in [7, 11) is 0. The van der Waals surface area contributed by atoms with Crippen LogP contribution in [0.3, 0.4) is 0 Å². The van der Waals surface area contributed by atoms with E-state index in [9.17, 15) is 19.7 Å². The van der Waals surface area contributed by atoms with E-state index in [0.717, 1.165) is 25.7 Å². The molecule has 3 aliphatic rings. The van der Waals surface area contributed by atoms with Crippen molar-refractivity contribution < 1.29 is 24.0 Å². The van der Waals surface area contributed by atoms with Crippen molar-refractivity contribution in [1.29, 1.82) is 0 Å². The third-order valence-corrected chi connectivity index (χ3v) is 6.06. The van der Waals surface area contributed by atoms with E-state index >= 15 is 0 Å². The number of fused-ring (bicyclic) bond motifs is 1. The number of hydrogen-bond acceptors (Lipinski definition) is 7. The Morgan fingerprint density at radius 1 is 1.21 bits per heavy atom.